The normalized spacial score (nSPS) is 31.1. The van der Waals surface area contributed by atoms with E-state index in [9.17, 15) is 15.8 Å². The molecule has 2 aliphatic heterocycles. The van der Waals surface area contributed by atoms with Crippen LogP contribution in [0.1, 0.15) is 41.2 Å². The summed E-state index contributed by atoms with van der Waals surface area (Å²) in [6.07, 6.45) is -1.06. The second-order valence-electron chi connectivity index (χ2n) is 8.10. The standard InChI is InChI=1S/C24H20N4O2/c1-15-9-10-18(16(2)11-15)20-23(12-25,13-26)24(14-27)19(17-7-5-4-6-8-17)22(3,29-20)30-21(24)28/h4-11,19-20,28H,1-3H3. The summed E-state index contributed by atoms with van der Waals surface area (Å²) in [7, 11) is 0. The molecule has 0 amide bonds. The molecule has 2 heterocycles. The lowest BCUT2D eigenvalue weighted by Gasteiger charge is -2.49. The first-order valence-corrected chi connectivity index (χ1v) is 9.61. The van der Waals surface area contributed by atoms with Crippen LogP contribution in [0.4, 0.5) is 0 Å². The second kappa shape index (κ2) is 6.42. The Kier molecular flexibility index (Phi) is 4.21. The summed E-state index contributed by atoms with van der Waals surface area (Å²) in [6.45, 7) is 5.50. The van der Waals surface area contributed by atoms with Crippen LogP contribution in [-0.2, 0) is 9.47 Å². The molecule has 6 nitrogen and oxygen atoms in total. The molecule has 2 fully saturated rings. The molecule has 4 atom stereocenters. The minimum atomic E-state index is -1.98. The van der Waals surface area contributed by atoms with Gasteiger partial charge in [0.1, 0.15) is 6.10 Å². The largest absolute Gasteiger partial charge is 0.447 e. The Hall–Kier alpha value is -3.66. The van der Waals surface area contributed by atoms with Gasteiger partial charge in [-0.1, -0.05) is 54.1 Å². The van der Waals surface area contributed by atoms with Gasteiger partial charge in [-0.3, -0.25) is 5.41 Å². The van der Waals surface area contributed by atoms with Gasteiger partial charge in [-0.2, -0.15) is 15.8 Å². The summed E-state index contributed by atoms with van der Waals surface area (Å²) >= 11 is 0. The van der Waals surface area contributed by atoms with Gasteiger partial charge in [0.25, 0.3) is 0 Å². The lowest BCUT2D eigenvalue weighted by atomic mass is 9.52. The molecule has 2 aromatic rings. The van der Waals surface area contributed by atoms with Crippen molar-refractivity contribution >= 4 is 5.90 Å². The third-order valence-electron chi connectivity index (χ3n) is 6.36. The van der Waals surface area contributed by atoms with Gasteiger partial charge in [0, 0.05) is 6.92 Å². The molecule has 0 saturated carbocycles. The van der Waals surface area contributed by atoms with E-state index in [0.29, 0.717) is 11.1 Å². The summed E-state index contributed by atoms with van der Waals surface area (Å²) in [5, 5.41) is 39.7. The Morgan fingerprint density at radius 2 is 1.63 bits per heavy atom. The number of nitrogens with one attached hydrogen (secondary N) is 1. The fourth-order valence-corrected chi connectivity index (χ4v) is 5.03. The lowest BCUT2D eigenvalue weighted by Crippen LogP contribution is -2.57. The molecule has 2 aromatic carbocycles. The molecule has 0 aliphatic carbocycles. The summed E-state index contributed by atoms with van der Waals surface area (Å²) in [5.74, 6) is -2.60. The van der Waals surface area contributed by atoms with Gasteiger partial charge in [0.15, 0.2) is 5.41 Å². The molecule has 0 spiro atoms. The maximum absolute atomic E-state index is 10.4. The predicted molar refractivity (Wildman–Crippen MR) is 108 cm³/mol. The predicted octanol–water partition coefficient (Wildman–Crippen LogP) is 4.43. The molecule has 1 N–H and O–H groups in total. The third-order valence-corrected chi connectivity index (χ3v) is 6.36. The summed E-state index contributed by atoms with van der Waals surface area (Å²) in [4.78, 5) is 0. The van der Waals surface area contributed by atoms with Gasteiger partial charge in [-0.25, -0.2) is 0 Å². The van der Waals surface area contributed by atoms with Crippen LogP contribution in [0.2, 0.25) is 0 Å². The van der Waals surface area contributed by atoms with Gasteiger partial charge in [0.2, 0.25) is 17.1 Å². The van der Waals surface area contributed by atoms with Crippen molar-refractivity contribution in [2.45, 2.75) is 38.6 Å². The number of hydrogen-bond acceptors (Lipinski definition) is 6. The van der Waals surface area contributed by atoms with E-state index in [4.69, 9.17) is 14.9 Å². The zero-order valence-electron chi connectivity index (χ0n) is 16.9. The minimum Gasteiger partial charge on any atom is -0.447 e. The van der Waals surface area contributed by atoms with Gasteiger partial charge >= 0.3 is 0 Å². The van der Waals surface area contributed by atoms with Crippen molar-refractivity contribution in [1.29, 1.82) is 21.2 Å². The average Bonchev–Trinajstić information content (AvgIpc) is 2.92. The number of nitrogens with zero attached hydrogens (tertiary/aromatic N) is 3. The molecule has 30 heavy (non-hydrogen) atoms. The van der Waals surface area contributed by atoms with E-state index in [1.165, 1.54) is 0 Å². The average molecular weight is 396 g/mol. The van der Waals surface area contributed by atoms with Crippen molar-refractivity contribution in [3.8, 4) is 18.2 Å². The number of benzene rings is 2. The fraction of sp³-hybridized carbons (Fsp3) is 0.333. The second-order valence-corrected chi connectivity index (χ2v) is 8.10. The highest BCUT2D eigenvalue weighted by Gasteiger charge is 2.79. The van der Waals surface area contributed by atoms with Crippen LogP contribution in [0.5, 0.6) is 0 Å². The molecule has 2 bridgehead atoms. The Labute approximate surface area is 175 Å². The van der Waals surface area contributed by atoms with Gasteiger partial charge < -0.3 is 9.47 Å². The topological polar surface area (TPSA) is 114 Å². The van der Waals surface area contributed by atoms with Crippen LogP contribution in [0.25, 0.3) is 0 Å². The molecule has 4 unspecified atom stereocenters. The number of nitriles is 3. The maximum atomic E-state index is 10.4. The van der Waals surface area contributed by atoms with Crippen molar-refractivity contribution in [1.82, 2.24) is 0 Å². The summed E-state index contributed by atoms with van der Waals surface area (Å²) < 4.78 is 12.2. The van der Waals surface area contributed by atoms with E-state index < -0.39 is 34.5 Å². The van der Waals surface area contributed by atoms with Gasteiger partial charge in [0.05, 0.1) is 24.1 Å². The third kappa shape index (κ3) is 2.22. The van der Waals surface area contributed by atoms with E-state index in [1.54, 1.807) is 19.1 Å². The Bertz CT molecular complexity index is 1160. The highest BCUT2D eigenvalue weighted by Crippen LogP contribution is 2.69. The molecular formula is C24H20N4O2. The van der Waals surface area contributed by atoms with Crippen molar-refractivity contribution in [2.75, 3.05) is 0 Å². The van der Waals surface area contributed by atoms with Crippen molar-refractivity contribution in [3.63, 3.8) is 0 Å². The van der Waals surface area contributed by atoms with E-state index in [1.807, 2.05) is 50.2 Å². The van der Waals surface area contributed by atoms with Crippen molar-refractivity contribution in [3.05, 3.63) is 70.8 Å². The zero-order chi connectivity index (χ0) is 21.7. The van der Waals surface area contributed by atoms with Crippen LogP contribution in [-0.4, -0.2) is 11.7 Å². The molecule has 2 saturated heterocycles. The van der Waals surface area contributed by atoms with Crippen LogP contribution in [0, 0.1) is 64.1 Å². The first-order chi connectivity index (χ1) is 14.3. The molecule has 6 heteroatoms. The number of rotatable bonds is 2. The molecular weight excluding hydrogens is 376 g/mol. The molecule has 148 valence electrons. The van der Waals surface area contributed by atoms with E-state index in [0.717, 1.165) is 11.1 Å². The SMILES string of the molecule is Cc1ccc(C2OC3(C)OC(=N)C(C#N)(C3c3ccccc3)C2(C#N)C#N)c(C)c1. The van der Waals surface area contributed by atoms with E-state index in [-0.39, 0.29) is 0 Å². The van der Waals surface area contributed by atoms with Crippen molar-refractivity contribution in [2.24, 2.45) is 10.8 Å². The van der Waals surface area contributed by atoms with Gasteiger partial charge in [-0.15, -0.1) is 0 Å². The highest BCUT2D eigenvalue weighted by molar-refractivity contribution is 5.90. The van der Waals surface area contributed by atoms with Gasteiger partial charge in [-0.05, 0) is 30.5 Å². The summed E-state index contributed by atoms with van der Waals surface area (Å²) in [5.41, 5.74) is -0.614. The minimum absolute atomic E-state index is 0.406. The first-order valence-electron chi connectivity index (χ1n) is 9.61. The monoisotopic (exact) mass is 396 g/mol. The molecule has 0 aromatic heterocycles. The maximum Gasteiger partial charge on any atom is 0.218 e. The van der Waals surface area contributed by atoms with E-state index in [2.05, 4.69) is 18.2 Å². The Morgan fingerprint density at radius 1 is 0.967 bits per heavy atom. The number of ether oxygens (including phenoxy) is 2. The number of hydrogen-bond donors (Lipinski definition) is 1. The van der Waals surface area contributed by atoms with Crippen LogP contribution >= 0.6 is 0 Å². The first kappa shape index (κ1) is 19.6. The smallest absolute Gasteiger partial charge is 0.218 e. The van der Waals surface area contributed by atoms with Crippen molar-refractivity contribution < 1.29 is 9.47 Å². The van der Waals surface area contributed by atoms with E-state index >= 15 is 0 Å². The molecule has 4 rings (SSSR count). The zero-order valence-corrected chi connectivity index (χ0v) is 16.9. The quantitative estimate of drug-likeness (QED) is 0.807. The number of fused-ring (bicyclic) bond motifs is 2. The fourth-order valence-electron chi connectivity index (χ4n) is 5.03. The van der Waals surface area contributed by atoms with Crippen LogP contribution in [0.3, 0.4) is 0 Å². The Morgan fingerprint density at radius 3 is 2.20 bits per heavy atom. The molecule has 0 radical (unpaired) electrons. The number of aryl methyl sites for hydroxylation is 2. The molecule has 2 aliphatic rings. The summed E-state index contributed by atoms with van der Waals surface area (Å²) in [6, 6.07) is 21.1. The van der Waals surface area contributed by atoms with Crippen LogP contribution < -0.4 is 0 Å². The Balaban J connectivity index is 2.05. The highest BCUT2D eigenvalue weighted by atomic mass is 16.7. The van der Waals surface area contributed by atoms with Crippen LogP contribution in [0.15, 0.2) is 48.5 Å². The lowest BCUT2D eigenvalue weighted by molar-refractivity contribution is -0.253.